The first-order valence-corrected chi connectivity index (χ1v) is 11.4. The molecule has 168 valence electrons. The smallest absolute Gasteiger partial charge is 0.209 e. The molecule has 0 saturated carbocycles. The molecule has 0 fully saturated rings. The molecule has 5 nitrogen and oxygen atoms in total. The van der Waals surface area contributed by atoms with Crippen molar-refractivity contribution in [1.29, 1.82) is 0 Å². The molecule has 2 heterocycles. The summed E-state index contributed by atoms with van der Waals surface area (Å²) in [6.07, 6.45) is 1.52. The van der Waals surface area contributed by atoms with E-state index in [9.17, 15) is 14.0 Å². The Morgan fingerprint density at radius 3 is 2.35 bits per heavy atom. The number of carbonyl (C=O) groups excluding carboxylic acids is 2. The van der Waals surface area contributed by atoms with Gasteiger partial charge in [0.05, 0.1) is 11.3 Å². The third-order valence-electron chi connectivity index (χ3n) is 5.61. The molecular formula is C26H16BrClFN3O2. The largest absolute Gasteiger partial charge is 0.385 e. The van der Waals surface area contributed by atoms with Crippen molar-refractivity contribution < 1.29 is 14.0 Å². The van der Waals surface area contributed by atoms with E-state index in [1.54, 1.807) is 42.5 Å². The summed E-state index contributed by atoms with van der Waals surface area (Å²) in [4.78, 5) is 33.1. The molecule has 34 heavy (non-hydrogen) atoms. The first-order valence-electron chi connectivity index (χ1n) is 10.2. The van der Waals surface area contributed by atoms with E-state index in [-0.39, 0.29) is 28.4 Å². The number of fused-ring (bicyclic) bond motifs is 1. The molecule has 0 saturated heterocycles. The fraction of sp³-hybridized carbons (Fsp3) is 0. The molecule has 2 aromatic heterocycles. The summed E-state index contributed by atoms with van der Waals surface area (Å²) < 4.78 is 14.8. The normalized spacial score (nSPS) is 11.1. The zero-order valence-corrected chi connectivity index (χ0v) is 19.8. The van der Waals surface area contributed by atoms with Gasteiger partial charge in [-0.15, -0.1) is 0 Å². The minimum Gasteiger partial charge on any atom is -0.385 e. The van der Waals surface area contributed by atoms with Crippen molar-refractivity contribution in [2.75, 3.05) is 5.73 Å². The van der Waals surface area contributed by atoms with Crippen LogP contribution in [-0.2, 0) is 0 Å². The van der Waals surface area contributed by atoms with Crippen LogP contribution >= 0.6 is 27.5 Å². The maximum Gasteiger partial charge on any atom is 0.209 e. The molecule has 5 aromatic rings. The van der Waals surface area contributed by atoms with Crippen molar-refractivity contribution in [1.82, 2.24) is 9.97 Å². The Morgan fingerprint density at radius 2 is 1.65 bits per heavy atom. The molecule has 8 heteroatoms. The Hall–Kier alpha value is -3.68. The molecule has 0 radical (unpaired) electrons. The highest BCUT2D eigenvalue weighted by atomic mass is 79.9. The van der Waals surface area contributed by atoms with E-state index in [1.807, 2.05) is 12.1 Å². The maximum absolute atomic E-state index is 13.9. The predicted molar refractivity (Wildman–Crippen MR) is 135 cm³/mol. The number of anilines is 1. The van der Waals surface area contributed by atoms with Crippen molar-refractivity contribution in [2.45, 2.75) is 0 Å². The highest BCUT2D eigenvalue weighted by molar-refractivity contribution is 9.10. The first kappa shape index (κ1) is 22.1. The number of hydrogen-bond donors (Lipinski definition) is 3. The lowest BCUT2D eigenvalue weighted by atomic mass is 9.93. The zero-order valence-electron chi connectivity index (χ0n) is 17.5. The summed E-state index contributed by atoms with van der Waals surface area (Å²) >= 11 is 9.38. The second kappa shape index (κ2) is 8.59. The highest BCUT2D eigenvalue weighted by Gasteiger charge is 2.29. The van der Waals surface area contributed by atoms with Crippen LogP contribution in [0.25, 0.3) is 22.0 Å². The Kier molecular flexibility index (Phi) is 5.59. The van der Waals surface area contributed by atoms with Crippen molar-refractivity contribution in [2.24, 2.45) is 0 Å². The van der Waals surface area contributed by atoms with Crippen LogP contribution in [0.2, 0.25) is 5.02 Å². The van der Waals surface area contributed by atoms with Crippen LogP contribution in [0, 0.1) is 5.82 Å². The van der Waals surface area contributed by atoms with E-state index in [4.69, 9.17) is 17.3 Å². The van der Waals surface area contributed by atoms with Crippen LogP contribution in [0.4, 0.5) is 10.2 Å². The molecule has 0 unspecified atom stereocenters. The van der Waals surface area contributed by atoms with E-state index in [0.29, 0.717) is 32.6 Å². The van der Waals surface area contributed by atoms with E-state index in [1.165, 1.54) is 18.3 Å². The summed E-state index contributed by atoms with van der Waals surface area (Å²) in [6.45, 7) is 0. The lowest BCUT2D eigenvalue weighted by molar-refractivity contribution is 0.103. The molecule has 0 bridgehead atoms. The van der Waals surface area contributed by atoms with Crippen molar-refractivity contribution in [3.8, 4) is 11.1 Å². The average Bonchev–Trinajstić information content (AvgIpc) is 3.40. The minimum atomic E-state index is -0.463. The quantitative estimate of drug-likeness (QED) is 0.217. The second-order valence-electron chi connectivity index (χ2n) is 7.73. The number of ketones is 2. The van der Waals surface area contributed by atoms with Gasteiger partial charge in [-0.25, -0.2) is 4.39 Å². The summed E-state index contributed by atoms with van der Waals surface area (Å²) in [5.74, 6) is -1.19. The van der Waals surface area contributed by atoms with E-state index >= 15 is 0 Å². The molecule has 4 N–H and O–H groups in total. The van der Waals surface area contributed by atoms with E-state index < -0.39 is 11.6 Å². The maximum atomic E-state index is 13.9. The van der Waals surface area contributed by atoms with Crippen molar-refractivity contribution in [3.63, 3.8) is 0 Å². The monoisotopic (exact) mass is 535 g/mol. The van der Waals surface area contributed by atoms with Gasteiger partial charge < -0.3 is 15.7 Å². The number of benzene rings is 3. The zero-order chi connectivity index (χ0) is 24.0. The van der Waals surface area contributed by atoms with Crippen LogP contribution in [0.5, 0.6) is 0 Å². The highest BCUT2D eigenvalue weighted by Crippen LogP contribution is 2.36. The Labute approximate surface area is 206 Å². The first-order chi connectivity index (χ1) is 16.3. The standard InChI is InChI=1S/C26H16BrClFN3O2/c27-15-5-1-13(2-6-15)21-22(25(34)19-12-31-20-10-9-17(29)11-18(19)20)26(30)32-23(21)24(33)14-3-7-16(28)8-4-14/h1-12,31-32H,30H2. The third kappa shape index (κ3) is 3.83. The summed E-state index contributed by atoms with van der Waals surface area (Å²) in [7, 11) is 0. The molecule has 0 atom stereocenters. The number of halogens is 3. The number of hydrogen-bond acceptors (Lipinski definition) is 3. The van der Waals surface area contributed by atoms with Gasteiger partial charge in [-0.2, -0.15) is 0 Å². The molecule has 0 aliphatic carbocycles. The summed E-state index contributed by atoms with van der Waals surface area (Å²) in [6, 6.07) is 17.8. The van der Waals surface area contributed by atoms with Crippen molar-refractivity contribution in [3.05, 3.63) is 111 Å². The third-order valence-corrected chi connectivity index (χ3v) is 6.39. The molecule has 0 amide bonds. The van der Waals surface area contributed by atoms with Gasteiger partial charge in [-0.1, -0.05) is 39.7 Å². The van der Waals surface area contributed by atoms with Gasteiger partial charge in [-0.05, 0) is 60.2 Å². The molecule has 0 aliphatic heterocycles. The molecule has 3 aromatic carbocycles. The number of nitrogens with two attached hydrogens (primary N) is 1. The fourth-order valence-electron chi connectivity index (χ4n) is 3.99. The van der Waals surface area contributed by atoms with Crippen LogP contribution in [0.1, 0.15) is 32.0 Å². The molecular weight excluding hydrogens is 521 g/mol. The number of nitrogens with one attached hydrogen (secondary N) is 2. The number of aromatic amines is 2. The number of H-pyrrole nitrogens is 2. The van der Waals surface area contributed by atoms with Crippen LogP contribution in [-0.4, -0.2) is 21.5 Å². The average molecular weight is 537 g/mol. The van der Waals surface area contributed by atoms with Gasteiger partial charge in [0.1, 0.15) is 11.6 Å². The predicted octanol–water partition coefficient (Wildman–Crippen LogP) is 6.76. The van der Waals surface area contributed by atoms with Gasteiger partial charge in [0.25, 0.3) is 0 Å². The van der Waals surface area contributed by atoms with E-state index in [0.717, 1.165) is 4.47 Å². The lowest BCUT2D eigenvalue weighted by Gasteiger charge is -2.08. The van der Waals surface area contributed by atoms with Gasteiger partial charge >= 0.3 is 0 Å². The number of carbonyl (C=O) groups is 2. The van der Waals surface area contributed by atoms with Gasteiger partial charge in [0, 0.05) is 43.3 Å². The van der Waals surface area contributed by atoms with Gasteiger partial charge in [0.15, 0.2) is 5.78 Å². The molecule has 0 aliphatic rings. The summed E-state index contributed by atoms with van der Waals surface area (Å²) in [5, 5.41) is 0.927. The Balaban J connectivity index is 1.73. The summed E-state index contributed by atoms with van der Waals surface area (Å²) in [5.41, 5.74) is 8.86. The number of nitrogen functional groups attached to an aromatic ring is 1. The van der Waals surface area contributed by atoms with Crippen LogP contribution < -0.4 is 5.73 Å². The topological polar surface area (TPSA) is 91.7 Å². The van der Waals surface area contributed by atoms with Crippen LogP contribution in [0.3, 0.4) is 0 Å². The Morgan fingerprint density at radius 1 is 0.941 bits per heavy atom. The number of rotatable bonds is 5. The minimum absolute atomic E-state index is 0.0472. The fourth-order valence-corrected chi connectivity index (χ4v) is 4.38. The van der Waals surface area contributed by atoms with Gasteiger partial charge in [0.2, 0.25) is 5.78 Å². The van der Waals surface area contributed by atoms with Gasteiger partial charge in [-0.3, -0.25) is 9.59 Å². The van der Waals surface area contributed by atoms with E-state index in [2.05, 4.69) is 25.9 Å². The SMILES string of the molecule is Nc1[nH]c(C(=O)c2ccc(Cl)cc2)c(-c2ccc(Br)cc2)c1C(=O)c1c[nH]c2ccc(F)cc12. The Bertz CT molecular complexity index is 1570. The molecule has 0 spiro atoms. The second-order valence-corrected chi connectivity index (χ2v) is 9.08. The number of aromatic nitrogens is 2. The van der Waals surface area contributed by atoms with Crippen molar-refractivity contribution >= 4 is 55.8 Å². The molecule has 5 rings (SSSR count). The lowest BCUT2D eigenvalue weighted by Crippen LogP contribution is -2.06. The van der Waals surface area contributed by atoms with Crippen LogP contribution in [0.15, 0.2) is 77.4 Å².